The minimum atomic E-state index is -0.113. The van der Waals surface area contributed by atoms with Gasteiger partial charge >= 0.3 is 0 Å². The highest BCUT2D eigenvalue weighted by molar-refractivity contribution is 6.61. The Balaban J connectivity index is 1.16. The van der Waals surface area contributed by atoms with Crippen molar-refractivity contribution in [2.24, 2.45) is 10.8 Å². The highest BCUT2D eigenvalue weighted by atomic mass is 15.2. The van der Waals surface area contributed by atoms with Gasteiger partial charge in [-0.3, -0.25) is 0 Å². The standard InChI is InChI=1S/C93H111BN4/c1-86(2,3)57-28-38-65(39-29-57)95-77-46-36-63(92(19,20)21)54-71(77)84-72-55-64(93(22,23)24)37-47-78(72)96(66-40-30-58(31-41-66)87(4,5)6)82-49-56(48-81(95)85(82)94-84)83-79(97-73-42-32-59(88(7,8)9)50-67(73)68-51-60(89(10,11)12)33-43-74(68)97)26-25-27-80(83)98-75-44-34-61(90(13,14)15)52-69(75)70-53-62(91(16,17)18)35-45-76(70)98/h25-26,28-30,32-40,42-55,67,73,80,84,94H,27,31,41H2,1-24H3. The van der Waals surface area contributed by atoms with Crippen LogP contribution in [0.2, 0.25) is 0 Å². The maximum Gasteiger partial charge on any atom is 0.176 e. The molecule has 14 rings (SSSR count). The summed E-state index contributed by atoms with van der Waals surface area (Å²) in [6.07, 6.45) is 20.5. The number of rotatable bonds is 5. The molecule has 0 amide bonds. The number of fused-ring (bicyclic) bond motifs is 11. The van der Waals surface area contributed by atoms with E-state index in [1.54, 1.807) is 0 Å². The number of hydrogen-bond donors (Lipinski definition) is 0. The molecule has 7 aromatic carbocycles. The van der Waals surface area contributed by atoms with Crippen LogP contribution in [0.1, 0.15) is 259 Å². The van der Waals surface area contributed by atoms with E-state index in [1.807, 2.05) is 0 Å². The molecule has 0 fully saturated rings. The van der Waals surface area contributed by atoms with Crippen LogP contribution in [0.15, 0.2) is 192 Å². The monoisotopic (exact) mass is 1290 g/mol. The van der Waals surface area contributed by atoms with Crippen molar-refractivity contribution in [1.82, 2.24) is 4.57 Å². The van der Waals surface area contributed by atoms with E-state index in [1.165, 1.54) is 145 Å². The first-order valence-electron chi connectivity index (χ1n) is 37.1. The summed E-state index contributed by atoms with van der Waals surface area (Å²) in [7, 11) is 0.844. The Bertz CT molecular complexity index is 4700. The van der Waals surface area contributed by atoms with Crippen LogP contribution in [0.5, 0.6) is 0 Å². The highest BCUT2D eigenvalue weighted by Crippen LogP contribution is 2.57. The molecule has 0 spiro atoms. The van der Waals surface area contributed by atoms with Gasteiger partial charge in [-0.1, -0.05) is 263 Å². The van der Waals surface area contributed by atoms with Crippen molar-refractivity contribution in [1.29, 1.82) is 0 Å². The Labute approximate surface area is 590 Å². The summed E-state index contributed by atoms with van der Waals surface area (Å²) in [5.74, 6) is 0.202. The van der Waals surface area contributed by atoms with Crippen molar-refractivity contribution in [3.63, 3.8) is 0 Å². The number of aromatic nitrogens is 1. The predicted octanol–water partition coefficient (Wildman–Crippen LogP) is 24.7. The third-order valence-corrected chi connectivity index (χ3v) is 23.0. The van der Waals surface area contributed by atoms with Gasteiger partial charge < -0.3 is 19.3 Å². The van der Waals surface area contributed by atoms with Crippen LogP contribution in [0.4, 0.5) is 34.1 Å². The molecular weight excluding hydrogens is 1180 g/mol. The summed E-state index contributed by atoms with van der Waals surface area (Å²) < 4.78 is 2.79. The molecule has 0 saturated carbocycles. The Hall–Kier alpha value is -7.76. The van der Waals surface area contributed by atoms with Gasteiger partial charge in [-0.05, 0) is 214 Å². The fourth-order valence-corrected chi connectivity index (χ4v) is 16.8. The average Bonchev–Trinajstić information content (AvgIpc) is 1.53. The van der Waals surface area contributed by atoms with Crippen LogP contribution < -0.4 is 20.2 Å². The zero-order chi connectivity index (χ0) is 70.3. The van der Waals surface area contributed by atoms with Crippen LogP contribution >= 0.6 is 0 Å². The lowest BCUT2D eigenvalue weighted by Gasteiger charge is -2.39. The largest absolute Gasteiger partial charge is 0.333 e. The lowest BCUT2D eigenvalue weighted by Crippen LogP contribution is -2.35. The van der Waals surface area contributed by atoms with Gasteiger partial charge in [0.05, 0.1) is 12.1 Å². The van der Waals surface area contributed by atoms with E-state index >= 15 is 0 Å². The molecule has 3 aliphatic heterocycles. The smallest absolute Gasteiger partial charge is 0.176 e. The van der Waals surface area contributed by atoms with Gasteiger partial charge in [0.2, 0.25) is 0 Å². The van der Waals surface area contributed by atoms with Gasteiger partial charge in [0.15, 0.2) is 7.28 Å². The first kappa shape index (κ1) is 67.4. The number of allylic oxidation sites excluding steroid dienone is 9. The topological polar surface area (TPSA) is 14.7 Å². The predicted molar refractivity (Wildman–Crippen MR) is 427 cm³/mol. The van der Waals surface area contributed by atoms with Crippen LogP contribution in [0, 0.1) is 10.8 Å². The SMILES string of the molecule is CC(C)(C)C1=CC2c3cc(C(C)(C)C)ccc3N(C3=C(c4cc5c6c(c4)N(c4ccc(C(C)(C)C)cc4)c4ccc(C(C)(C)C)cc4C(B6)c4cc(C(C)(C)C)ccc4N5C4=CC=C(C(C)(C)C)CC4)C(n4c5ccc(C(C)(C)C)cc5c5cc(C(C)(C)C)ccc54)CC=C3)C2C=C1. The summed E-state index contributed by atoms with van der Waals surface area (Å²) >= 11 is 0. The zero-order valence-electron chi connectivity index (χ0n) is 64.1. The van der Waals surface area contributed by atoms with Crippen molar-refractivity contribution in [2.75, 3.05) is 14.7 Å². The van der Waals surface area contributed by atoms with Crippen LogP contribution in [-0.4, -0.2) is 17.9 Å². The fourth-order valence-electron chi connectivity index (χ4n) is 16.8. The van der Waals surface area contributed by atoms with Gasteiger partial charge in [-0.2, -0.15) is 0 Å². The molecule has 0 saturated heterocycles. The maximum absolute atomic E-state index is 2.80. The molecule has 506 valence electrons. The second kappa shape index (κ2) is 22.9. The fraction of sp³-hybridized carbons (Fsp3) is 0.419. The van der Waals surface area contributed by atoms with E-state index in [0.717, 1.165) is 26.5 Å². The molecule has 3 aliphatic carbocycles. The molecule has 1 aromatic heterocycles. The highest BCUT2D eigenvalue weighted by Gasteiger charge is 2.45. The maximum atomic E-state index is 2.80. The van der Waals surface area contributed by atoms with Crippen LogP contribution in [0.25, 0.3) is 27.4 Å². The Morgan fingerprint density at radius 2 is 0.878 bits per heavy atom. The molecular formula is C93H111BN4. The van der Waals surface area contributed by atoms with Gasteiger partial charge in [0.1, 0.15) is 0 Å². The zero-order valence-corrected chi connectivity index (χ0v) is 64.1. The number of benzene rings is 7. The molecule has 5 heteroatoms. The van der Waals surface area contributed by atoms with Gasteiger partial charge in [0, 0.05) is 78.8 Å². The van der Waals surface area contributed by atoms with E-state index in [-0.39, 0.29) is 67.1 Å². The van der Waals surface area contributed by atoms with Crippen molar-refractivity contribution in [3.8, 4) is 0 Å². The third kappa shape index (κ3) is 11.6. The molecule has 0 N–H and O–H groups in total. The Morgan fingerprint density at radius 1 is 0.408 bits per heavy atom. The van der Waals surface area contributed by atoms with E-state index in [4.69, 9.17) is 0 Å². The van der Waals surface area contributed by atoms with E-state index < -0.39 is 0 Å². The first-order valence-corrected chi connectivity index (χ1v) is 37.1. The summed E-state index contributed by atoms with van der Waals surface area (Å²) in [5, 5.41) is 2.65. The number of hydrogen-bond acceptors (Lipinski definition) is 3. The van der Waals surface area contributed by atoms with Crippen molar-refractivity contribution < 1.29 is 0 Å². The summed E-state index contributed by atoms with van der Waals surface area (Å²) in [6, 6.07) is 52.6. The summed E-state index contributed by atoms with van der Waals surface area (Å²) in [4.78, 5) is 8.30. The van der Waals surface area contributed by atoms with Gasteiger partial charge in [-0.15, -0.1) is 0 Å². The van der Waals surface area contributed by atoms with Crippen molar-refractivity contribution in [3.05, 3.63) is 248 Å². The summed E-state index contributed by atoms with van der Waals surface area (Å²) in [6.45, 7) is 57.0. The van der Waals surface area contributed by atoms with Crippen LogP contribution in [0.3, 0.4) is 0 Å². The lowest BCUT2D eigenvalue weighted by atomic mass is 9.54. The molecule has 0 radical (unpaired) electrons. The van der Waals surface area contributed by atoms with E-state index in [0.29, 0.717) is 0 Å². The minimum absolute atomic E-state index is 0.0172. The molecule has 4 nitrogen and oxygen atoms in total. The normalized spacial score (nSPS) is 19.8. The Kier molecular flexibility index (Phi) is 15.7. The molecule has 4 unspecified atom stereocenters. The molecule has 6 aliphatic rings. The molecule has 2 bridgehead atoms. The summed E-state index contributed by atoms with van der Waals surface area (Å²) in [5.41, 5.74) is 31.7. The molecule has 98 heavy (non-hydrogen) atoms. The lowest BCUT2D eigenvalue weighted by molar-refractivity contribution is 0.479. The third-order valence-electron chi connectivity index (χ3n) is 23.0. The van der Waals surface area contributed by atoms with E-state index in [2.05, 4.69) is 355 Å². The average molecular weight is 1300 g/mol. The van der Waals surface area contributed by atoms with Crippen molar-refractivity contribution in [2.45, 2.75) is 242 Å². The Morgan fingerprint density at radius 3 is 1.37 bits per heavy atom. The first-order chi connectivity index (χ1) is 45.6. The quantitative estimate of drug-likeness (QED) is 0.160. The van der Waals surface area contributed by atoms with E-state index in [9.17, 15) is 0 Å². The van der Waals surface area contributed by atoms with Gasteiger partial charge in [-0.25, -0.2) is 0 Å². The van der Waals surface area contributed by atoms with Crippen LogP contribution in [-0.2, 0) is 32.5 Å². The molecule has 4 heterocycles. The second-order valence-corrected chi connectivity index (χ2v) is 38.3. The second-order valence-electron chi connectivity index (χ2n) is 38.3. The molecule has 8 aromatic rings. The molecule has 4 atom stereocenters. The minimum Gasteiger partial charge on any atom is -0.333 e. The number of anilines is 6. The number of nitrogens with zero attached hydrogens (tertiary/aromatic N) is 4. The van der Waals surface area contributed by atoms with Crippen molar-refractivity contribution >= 4 is 74.2 Å². The van der Waals surface area contributed by atoms with Gasteiger partial charge in [0.25, 0.3) is 0 Å².